The Morgan fingerprint density at radius 3 is 1.87 bits per heavy atom. The molecule has 68 valence electrons. The standard InChI is InChI=1S/C15H8/c1-3-5-7-9-11-13-15-14-12-10-8-6-4-2/h3,13,15H,1H2,2H3/b15-13+. The number of hydrogen-bond donors (Lipinski definition) is 0. The molecule has 0 nitrogen and oxygen atoms in total. The van der Waals surface area contributed by atoms with Crippen molar-refractivity contribution in [2.24, 2.45) is 0 Å². The van der Waals surface area contributed by atoms with Gasteiger partial charge in [0.15, 0.2) is 0 Å². The SMILES string of the molecule is C=CC#CC#C/C=C/C#CC#CC#CC. The molecule has 0 atom stereocenters. The largest absolute Gasteiger partial charge is 0.0925 e. The summed E-state index contributed by atoms with van der Waals surface area (Å²) in [6, 6.07) is 0. The summed E-state index contributed by atoms with van der Waals surface area (Å²) in [6.45, 7) is 5.16. The third kappa shape index (κ3) is 11.3. The zero-order chi connectivity index (χ0) is 11.2. The van der Waals surface area contributed by atoms with Gasteiger partial charge in [-0.3, -0.25) is 0 Å². The highest BCUT2D eigenvalue weighted by atomic mass is 13.6. The minimum absolute atomic E-state index is 1.49. The number of allylic oxidation sites excluding steroid dienone is 3. The summed E-state index contributed by atoms with van der Waals surface area (Å²) < 4.78 is 0. The van der Waals surface area contributed by atoms with Gasteiger partial charge < -0.3 is 0 Å². The van der Waals surface area contributed by atoms with Crippen molar-refractivity contribution in [1.29, 1.82) is 0 Å². The fraction of sp³-hybridized carbons (Fsp3) is 0.0667. The molecular weight excluding hydrogens is 180 g/mol. The highest BCUT2D eigenvalue weighted by molar-refractivity contribution is 5.39. The van der Waals surface area contributed by atoms with Crippen molar-refractivity contribution in [3.05, 3.63) is 24.8 Å². The smallest absolute Gasteiger partial charge is 0.000708 e. The minimum atomic E-state index is 1.49. The Morgan fingerprint density at radius 2 is 1.27 bits per heavy atom. The van der Waals surface area contributed by atoms with Crippen molar-refractivity contribution in [2.75, 3.05) is 0 Å². The molecule has 0 aliphatic rings. The topological polar surface area (TPSA) is 0 Å². The maximum Gasteiger partial charge on any atom is -0.000708 e. The third-order valence-corrected chi connectivity index (χ3v) is 0.944. The second-order valence-corrected chi connectivity index (χ2v) is 1.97. The molecule has 0 heterocycles. The molecule has 0 unspecified atom stereocenters. The summed E-state index contributed by atoms with van der Waals surface area (Å²) in [5, 5.41) is 0. The molecule has 0 rings (SSSR count). The second kappa shape index (κ2) is 11.3. The molecule has 0 aliphatic carbocycles. The first kappa shape index (κ1) is 12.3. The third-order valence-electron chi connectivity index (χ3n) is 0.944. The maximum atomic E-state index is 3.44. The van der Waals surface area contributed by atoms with Gasteiger partial charge in [0.25, 0.3) is 0 Å². The Hall–Kier alpha value is -2.72. The van der Waals surface area contributed by atoms with Crippen molar-refractivity contribution < 1.29 is 0 Å². The molecule has 0 amide bonds. The van der Waals surface area contributed by atoms with Crippen LogP contribution in [0, 0.1) is 59.2 Å². The van der Waals surface area contributed by atoms with Crippen molar-refractivity contribution in [3.63, 3.8) is 0 Å². The van der Waals surface area contributed by atoms with Gasteiger partial charge in [-0.2, -0.15) is 0 Å². The highest BCUT2D eigenvalue weighted by Gasteiger charge is 1.58. The van der Waals surface area contributed by atoms with Crippen molar-refractivity contribution >= 4 is 0 Å². The lowest BCUT2D eigenvalue weighted by atomic mass is 10.4. The summed E-state index contributed by atoms with van der Waals surface area (Å²) in [5.74, 6) is 26.1. The summed E-state index contributed by atoms with van der Waals surface area (Å²) >= 11 is 0. The lowest BCUT2D eigenvalue weighted by Crippen LogP contribution is -1.54. The average Bonchev–Trinajstić information content (AvgIpc) is 2.26. The van der Waals surface area contributed by atoms with Gasteiger partial charge in [-0.25, -0.2) is 0 Å². The molecule has 0 saturated heterocycles. The first-order chi connectivity index (χ1) is 7.41. The van der Waals surface area contributed by atoms with Gasteiger partial charge in [-0.05, 0) is 60.7 Å². The zero-order valence-electron chi connectivity index (χ0n) is 8.44. The van der Waals surface area contributed by atoms with E-state index in [4.69, 9.17) is 0 Å². The van der Waals surface area contributed by atoms with E-state index >= 15 is 0 Å². The molecule has 0 heteroatoms. The van der Waals surface area contributed by atoms with E-state index in [-0.39, 0.29) is 0 Å². The van der Waals surface area contributed by atoms with Crippen molar-refractivity contribution in [1.82, 2.24) is 0 Å². The van der Waals surface area contributed by atoms with Crippen molar-refractivity contribution in [3.8, 4) is 59.2 Å². The summed E-state index contributed by atoms with van der Waals surface area (Å²) in [6.07, 6.45) is 4.71. The fourth-order valence-corrected chi connectivity index (χ4v) is 0.451. The Kier molecular flexibility index (Phi) is 9.23. The molecule has 0 saturated carbocycles. The predicted molar refractivity (Wildman–Crippen MR) is 63.9 cm³/mol. The second-order valence-electron chi connectivity index (χ2n) is 1.97. The van der Waals surface area contributed by atoms with Gasteiger partial charge in [-0.15, -0.1) is 0 Å². The van der Waals surface area contributed by atoms with Crippen LogP contribution in [-0.4, -0.2) is 0 Å². The Labute approximate surface area is 91.5 Å². The van der Waals surface area contributed by atoms with Gasteiger partial charge in [0.1, 0.15) is 0 Å². The van der Waals surface area contributed by atoms with Gasteiger partial charge in [0.2, 0.25) is 0 Å². The summed E-state index contributed by atoms with van der Waals surface area (Å²) in [7, 11) is 0. The molecule has 0 aliphatic heterocycles. The van der Waals surface area contributed by atoms with Crippen LogP contribution in [0.3, 0.4) is 0 Å². The molecule has 0 N–H and O–H groups in total. The van der Waals surface area contributed by atoms with Crippen LogP contribution in [-0.2, 0) is 0 Å². The van der Waals surface area contributed by atoms with Crippen LogP contribution in [0.1, 0.15) is 6.92 Å². The zero-order valence-corrected chi connectivity index (χ0v) is 8.44. The van der Waals surface area contributed by atoms with E-state index in [1.54, 1.807) is 19.1 Å². The van der Waals surface area contributed by atoms with Gasteiger partial charge in [0, 0.05) is 0 Å². The van der Waals surface area contributed by atoms with Crippen LogP contribution in [0.25, 0.3) is 0 Å². The first-order valence-electron chi connectivity index (χ1n) is 4.11. The predicted octanol–water partition coefficient (Wildman–Crippen LogP) is 1.77. The summed E-state index contributed by atoms with van der Waals surface area (Å²) in [4.78, 5) is 0. The first-order valence-corrected chi connectivity index (χ1v) is 4.11. The van der Waals surface area contributed by atoms with Crippen LogP contribution < -0.4 is 0 Å². The van der Waals surface area contributed by atoms with Crippen LogP contribution in [0.4, 0.5) is 0 Å². The molecule has 0 aromatic heterocycles. The van der Waals surface area contributed by atoms with E-state index < -0.39 is 0 Å². The van der Waals surface area contributed by atoms with E-state index in [0.29, 0.717) is 0 Å². The molecule has 0 fully saturated rings. The lowest BCUT2D eigenvalue weighted by Gasteiger charge is -1.61. The van der Waals surface area contributed by atoms with E-state index in [9.17, 15) is 0 Å². The molecule has 0 aromatic rings. The van der Waals surface area contributed by atoms with Crippen LogP contribution in [0.15, 0.2) is 24.8 Å². The summed E-state index contributed by atoms with van der Waals surface area (Å²) in [5.41, 5.74) is 0. The molecule has 0 aromatic carbocycles. The molecular formula is C15H8. The van der Waals surface area contributed by atoms with Crippen LogP contribution in [0.5, 0.6) is 0 Å². The van der Waals surface area contributed by atoms with Gasteiger partial charge in [0.05, 0.1) is 0 Å². The molecule has 0 spiro atoms. The number of rotatable bonds is 0. The average molecular weight is 188 g/mol. The monoisotopic (exact) mass is 188 g/mol. The van der Waals surface area contributed by atoms with Crippen molar-refractivity contribution in [2.45, 2.75) is 6.92 Å². The van der Waals surface area contributed by atoms with Gasteiger partial charge in [-0.1, -0.05) is 30.3 Å². The van der Waals surface area contributed by atoms with E-state index in [1.165, 1.54) is 6.08 Å². The maximum absolute atomic E-state index is 3.44. The van der Waals surface area contributed by atoms with E-state index in [2.05, 4.69) is 65.8 Å². The highest BCUT2D eigenvalue weighted by Crippen LogP contribution is 1.66. The lowest BCUT2D eigenvalue weighted by molar-refractivity contribution is 1.92. The Morgan fingerprint density at radius 1 is 0.733 bits per heavy atom. The van der Waals surface area contributed by atoms with Crippen LogP contribution >= 0.6 is 0 Å². The molecule has 15 heavy (non-hydrogen) atoms. The fourth-order valence-electron chi connectivity index (χ4n) is 0.451. The Bertz CT molecular complexity index is 530. The van der Waals surface area contributed by atoms with E-state index in [1.807, 2.05) is 0 Å². The van der Waals surface area contributed by atoms with Crippen LogP contribution in [0.2, 0.25) is 0 Å². The minimum Gasteiger partial charge on any atom is -0.0925 e. The molecule has 0 bridgehead atoms. The normalized spacial score (nSPS) is 5.67. The van der Waals surface area contributed by atoms with E-state index in [0.717, 1.165) is 0 Å². The number of hydrogen-bond acceptors (Lipinski definition) is 0. The molecule has 0 radical (unpaired) electrons. The quantitative estimate of drug-likeness (QED) is 0.508. The Balaban J connectivity index is 4.08. The van der Waals surface area contributed by atoms with Gasteiger partial charge >= 0.3 is 0 Å².